The Balaban J connectivity index is 3.08. The third-order valence-corrected chi connectivity index (χ3v) is 4.30. The summed E-state index contributed by atoms with van der Waals surface area (Å²) >= 11 is 0. The van der Waals surface area contributed by atoms with Crippen molar-refractivity contribution in [2.45, 2.75) is 42.9 Å². The first-order valence-electron chi connectivity index (χ1n) is 6.17. The van der Waals surface area contributed by atoms with Crippen molar-refractivity contribution >= 4 is 21.5 Å². The molecule has 0 aliphatic carbocycles. The Labute approximate surface area is 121 Å². The van der Waals surface area contributed by atoms with E-state index in [9.17, 15) is 22.0 Å². The van der Waals surface area contributed by atoms with Crippen LogP contribution in [0.3, 0.4) is 0 Å². The Hall–Kier alpha value is -1.70. The lowest BCUT2D eigenvalue weighted by molar-refractivity contribution is -0.137. The molecular formula is C13H17F2NO4S. The van der Waals surface area contributed by atoms with Gasteiger partial charge < -0.3 is 10.4 Å². The van der Waals surface area contributed by atoms with E-state index in [4.69, 9.17) is 5.11 Å². The maximum Gasteiger partial charge on any atom is 0.341 e. The normalized spacial score (nSPS) is 12.4. The summed E-state index contributed by atoms with van der Waals surface area (Å²) in [5.41, 5.74) is -0.722. The number of hydrogen-bond acceptors (Lipinski definition) is 4. The van der Waals surface area contributed by atoms with Gasteiger partial charge in [-0.2, -0.15) is 8.78 Å². The van der Waals surface area contributed by atoms with Crippen molar-refractivity contribution in [1.82, 2.24) is 0 Å². The largest absolute Gasteiger partial charge is 0.481 e. The van der Waals surface area contributed by atoms with Crippen molar-refractivity contribution in [2.24, 2.45) is 0 Å². The molecule has 21 heavy (non-hydrogen) atoms. The minimum atomic E-state index is -4.72. The van der Waals surface area contributed by atoms with Gasteiger partial charge in [0, 0.05) is 12.0 Å². The molecule has 0 heterocycles. The van der Waals surface area contributed by atoms with Crippen molar-refractivity contribution < 1.29 is 27.1 Å². The third-order valence-electron chi connectivity index (χ3n) is 2.87. The number of para-hydroxylation sites is 1. The van der Waals surface area contributed by atoms with Crippen LogP contribution < -0.4 is 5.32 Å². The molecule has 1 aromatic carbocycles. The Morgan fingerprint density at radius 2 is 1.90 bits per heavy atom. The van der Waals surface area contributed by atoms with E-state index in [2.05, 4.69) is 5.32 Å². The van der Waals surface area contributed by atoms with Gasteiger partial charge in [0.05, 0.1) is 10.6 Å². The molecule has 0 aliphatic rings. The number of carbonyl (C=O) groups is 1. The minimum Gasteiger partial charge on any atom is -0.481 e. The van der Waals surface area contributed by atoms with Crippen LogP contribution in [0.4, 0.5) is 14.5 Å². The lowest BCUT2D eigenvalue weighted by Crippen LogP contribution is -2.32. The topological polar surface area (TPSA) is 83.5 Å². The zero-order chi connectivity index (χ0) is 16.3. The first kappa shape index (κ1) is 17.4. The maximum absolute atomic E-state index is 12.7. The number of benzene rings is 1. The van der Waals surface area contributed by atoms with Crippen LogP contribution in [0.25, 0.3) is 0 Å². The predicted octanol–water partition coefficient (Wildman–Crippen LogP) is 2.74. The number of aliphatic carboxylic acids is 1. The standard InChI is InChI=1S/C13H17F2NO4S/c1-13(2,8-7-11(17)18)16-9-5-3-4-6-10(9)21(19,20)12(14)15/h3-6,12,16H,7-8H2,1-2H3,(H,17,18). The van der Waals surface area contributed by atoms with Gasteiger partial charge in [0.2, 0.25) is 9.84 Å². The maximum atomic E-state index is 12.7. The van der Waals surface area contributed by atoms with Gasteiger partial charge in [-0.15, -0.1) is 0 Å². The highest BCUT2D eigenvalue weighted by Gasteiger charge is 2.30. The molecule has 2 N–H and O–H groups in total. The summed E-state index contributed by atoms with van der Waals surface area (Å²) in [6.45, 7) is 3.34. The average Bonchev–Trinajstić information content (AvgIpc) is 2.36. The zero-order valence-electron chi connectivity index (χ0n) is 11.6. The van der Waals surface area contributed by atoms with Crippen molar-refractivity contribution in [3.63, 3.8) is 0 Å². The van der Waals surface area contributed by atoms with Crippen LogP contribution in [0.1, 0.15) is 26.7 Å². The monoisotopic (exact) mass is 321 g/mol. The highest BCUT2D eigenvalue weighted by molar-refractivity contribution is 7.91. The molecule has 0 aliphatic heterocycles. The molecule has 0 spiro atoms. The summed E-state index contributed by atoms with van der Waals surface area (Å²) in [7, 11) is -4.72. The predicted molar refractivity (Wildman–Crippen MR) is 74.2 cm³/mol. The van der Waals surface area contributed by atoms with Crippen LogP contribution in [0.2, 0.25) is 0 Å². The minimum absolute atomic E-state index is 0.0354. The van der Waals surface area contributed by atoms with E-state index in [1.807, 2.05) is 0 Å². The number of carboxylic acids is 1. The molecule has 5 nitrogen and oxygen atoms in total. The molecule has 118 valence electrons. The smallest absolute Gasteiger partial charge is 0.341 e. The number of nitrogens with one attached hydrogen (secondary N) is 1. The van der Waals surface area contributed by atoms with Crippen LogP contribution in [-0.4, -0.2) is 30.8 Å². The van der Waals surface area contributed by atoms with E-state index in [0.29, 0.717) is 0 Å². The van der Waals surface area contributed by atoms with E-state index in [1.165, 1.54) is 18.2 Å². The molecule has 1 rings (SSSR count). The second kappa shape index (κ2) is 6.38. The summed E-state index contributed by atoms with van der Waals surface area (Å²) in [6.07, 6.45) is 0.0924. The summed E-state index contributed by atoms with van der Waals surface area (Å²) in [6, 6.07) is 5.33. The molecule has 0 fully saturated rings. The fourth-order valence-corrected chi connectivity index (χ4v) is 2.65. The van der Waals surface area contributed by atoms with E-state index in [-0.39, 0.29) is 18.5 Å². The van der Waals surface area contributed by atoms with Crippen LogP contribution in [0.5, 0.6) is 0 Å². The van der Waals surface area contributed by atoms with E-state index in [1.54, 1.807) is 13.8 Å². The first-order valence-corrected chi connectivity index (χ1v) is 7.72. The molecule has 8 heteroatoms. The number of rotatable bonds is 7. The second-order valence-electron chi connectivity index (χ2n) is 5.20. The summed E-state index contributed by atoms with van der Waals surface area (Å²) in [4.78, 5) is 10.1. The molecule has 0 unspecified atom stereocenters. The van der Waals surface area contributed by atoms with Crippen LogP contribution in [-0.2, 0) is 14.6 Å². The molecule has 0 radical (unpaired) electrons. The lowest BCUT2D eigenvalue weighted by atomic mass is 9.98. The fraction of sp³-hybridized carbons (Fsp3) is 0.462. The number of anilines is 1. The summed E-state index contributed by atoms with van der Waals surface area (Å²) in [5, 5.41) is 11.5. The van der Waals surface area contributed by atoms with Crippen molar-refractivity contribution in [3.8, 4) is 0 Å². The van der Waals surface area contributed by atoms with E-state index >= 15 is 0 Å². The van der Waals surface area contributed by atoms with Crippen molar-refractivity contribution in [1.29, 1.82) is 0 Å². The van der Waals surface area contributed by atoms with Gasteiger partial charge in [-0.1, -0.05) is 12.1 Å². The molecular weight excluding hydrogens is 304 g/mol. The Bertz CT molecular complexity index is 614. The summed E-state index contributed by atoms with van der Waals surface area (Å²) in [5.74, 6) is -4.50. The Morgan fingerprint density at radius 1 is 1.33 bits per heavy atom. The zero-order valence-corrected chi connectivity index (χ0v) is 12.5. The molecule has 0 amide bonds. The third kappa shape index (κ3) is 4.66. The molecule has 0 bridgehead atoms. The SMILES string of the molecule is CC(C)(CCC(=O)O)Nc1ccccc1S(=O)(=O)C(F)F. The summed E-state index contributed by atoms with van der Waals surface area (Å²) < 4.78 is 48.6. The highest BCUT2D eigenvalue weighted by Crippen LogP contribution is 2.29. The quantitative estimate of drug-likeness (QED) is 0.807. The van der Waals surface area contributed by atoms with Gasteiger partial charge in [0.25, 0.3) is 0 Å². The molecule has 0 aromatic heterocycles. The lowest BCUT2D eigenvalue weighted by Gasteiger charge is -2.28. The van der Waals surface area contributed by atoms with Gasteiger partial charge in [0.1, 0.15) is 0 Å². The Kier molecular flexibility index (Phi) is 5.27. The number of sulfone groups is 1. The van der Waals surface area contributed by atoms with Crippen molar-refractivity contribution in [2.75, 3.05) is 5.32 Å². The second-order valence-corrected chi connectivity index (χ2v) is 7.09. The Morgan fingerprint density at radius 3 is 2.43 bits per heavy atom. The van der Waals surface area contributed by atoms with E-state index < -0.39 is 32.0 Å². The van der Waals surface area contributed by atoms with Gasteiger partial charge in [0.15, 0.2) is 0 Å². The van der Waals surface area contributed by atoms with Crippen LogP contribution >= 0.6 is 0 Å². The van der Waals surface area contributed by atoms with Crippen LogP contribution in [0.15, 0.2) is 29.2 Å². The number of carboxylic acid groups (broad SMARTS) is 1. The average molecular weight is 321 g/mol. The highest BCUT2D eigenvalue weighted by atomic mass is 32.2. The number of halogens is 2. The van der Waals surface area contributed by atoms with Crippen LogP contribution in [0, 0.1) is 0 Å². The first-order chi connectivity index (χ1) is 9.56. The molecule has 0 saturated carbocycles. The van der Waals surface area contributed by atoms with Gasteiger partial charge >= 0.3 is 11.7 Å². The van der Waals surface area contributed by atoms with E-state index in [0.717, 1.165) is 6.07 Å². The number of alkyl halides is 2. The van der Waals surface area contributed by atoms with Gasteiger partial charge in [-0.3, -0.25) is 4.79 Å². The fourth-order valence-electron chi connectivity index (χ4n) is 1.76. The van der Waals surface area contributed by atoms with Gasteiger partial charge in [-0.25, -0.2) is 8.42 Å². The number of hydrogen-bond donors (Lipinski definition) is 2. The van der Waals surface area contributed by atoms with Crippen molar-refractivity contribution in [3.05, 3.63) is 24.3 Å². The molecule has 1 aromatic rings. The molecule has 0 saturated heterocycles. The molecule has 0 atom stereocenters. The van der Waals surface area contributed by atoms with Gasteiger partial charge in [-0.05, 0) is 32.4 Å².